The molecule has 0 aliphatic carbocycles. The first-order valence-corrected chi connectivity index (χ1v) is 12.4. The Bertz CT molecular complexity index is 924. The van der Waals surface area contributed by atoms with Gasteiger partial charge in [0.15, 0.2) is 4.34 Å². The number of thiazole rings is 1. The fourth-order valence-corrected chi connectivity index (χ4v) is 5.37. The van der Waals surface area contributed by atoms with Gasteiger partial charge in [-0.1, -0.05) is 68.8 Å². The van der Waals surface area contributed by atoms with Crippen LogP contribution >= 0.6 is 34.7 Å². The van der Waals surface area contributed by atoms with Gasteiger partial charge in [0, 0.05) is 22.0 Å². The summed E-state index contributed by atoms with van der Waals surface area (Å²) in [5.74, 6) is 0.979. The SMILES string of the molecule is CCCCCCCCCSc1nc2ccc(NC(=O)c3ccc(Cl)cc3)cc2s1. The number of fused-ring (bicyclic) bond motifs is 1. The van der Waals surface area contributed by atoms with Crippen molar-refractivity contribution in [3.8, 4) is 0 Å². The van der Waals surface area contributed by atoms with Gasteiger partial charge in [-0.3, -0.25) is 4.79 Å². The number of halogens is 1. The molecule has 1 amide bonds. The zero-order valence-corrected chi connectivity index (χ0v) is 19.1. The third-order valence-corrected chi connectivity index (χ3v) is 7.21. The normalized spacial score (nSPS) is 11.1. The molecule has 1 aromatic heterocycles. The molecule has 1 heterocycles. The van der Waals surface area contributed by atoms with Gasteiger partial charge in [0.25, 0.3) is 5.91 Å². The second kappa shape index (κ2) is 11.6. The molecule has 29 heavy (non-hydrogen) atoms. The summed E-state index contributed by atoms with van der Waals surface area (Å²) in [6, 6.07) is 12.8. The van der Waals surface area contributed by atoms with Gasteiger partial charge in [0.2, 0.25) is 0 Å². The molecule has 0 aliphatic heterocycles. The van der Waals surface area contributed by atoms with E-state index in [1.807, 2.05) is 30.0 Å². The van der Waals surface area contributed by atoms with Gasteiger partial charge in [-0.25, -0.2) is 4.98 Å². The lowest BCUT2D eigenvalue weighted by atomic mass is 10.1. The maximum Gasteiger partial charge on any atom is 0.255 e. The van der Waals surface area contributed by atoms with E-state index in [1.54, 1.807) is 35.6 Å². The number of thioether (sulfide) groups is 1. The molecule has 154 valence electrons. The second-order valence-electron chi connectivity index (χ2n) is 7.09. The van der Waals surface area contributed by atoms with Crippen molar-refractivity contribution in [1.29, 1.82) is 0 Å². The molecule has 0 unspecified atom stereocenters. The van der Waals surface area contributed by atoms with Gasteiger partial charge in [-0.05, 0) is 48.9 Å². The smallest absolute Gasteiger partial charge is 0.255 e. The van der Waals surface area contributed by atoms with Crippen molar-refractivity contribution in [3.05, 3.63) is 53.1 Å². The number of amides is 1. The molecule has 0 saturated carbocycles. The van der Waals surface area contributed by atoms with Gasteiger partial charge in [0.05, 0.1) is 10.2 Å². The predicted molar refractivity (Wildman–Crippen MR) is 128 cm³/mol. The zero-order chi connectivity index (χ0) is 20.5. The fourth-order valence-electron chi connectivity index (χ4n) is 3.07. The van der Waals surface area contributed by atoms with Crippen molar-refractivity contribution in [2.24, 2.45) is 0 Å². The summed E-state index contributed by atoms with van der Waals surface area (Å²) in [7, 11) is 0. The lowest BCUT2D eigenvalue weighted by Gasteiger charge is -2.05. The maximum atomic E-state index is 12.4. The van der Waals surface area contributed by atoms with Gasteiger partial charge in [0.1, 0.15) is 0 Å². The first-order chi connectivity index (χ1) is 14.2. The molecular formula is C23H27ClN2OS2. The standard InChI is InChI=1S/C23H27ClN2OS2/c1-2-3-4-5-6-7-8-15-28-23-26-20-14-13-19(16-21(20)29-23)25-22(27)17-9-11-18(24)12-10-17/h9-14,16H,2-8,15H2,1H3,(H,25,27). The van der Waals surface area contributed by atoms with Crippen LogP contribution in [-0.4, -0.2) is 16.6 Å². The van der Waals surface area contributed by atoms with Gasteiger partial charge in [-0.15, -0.1) is 11.3 Å². The van der Waals surface area contributed by atoms with E-state index in [0.717, 1.165) is 26.0 Å². The number of anilines is 1. The number of hydrogen-bond donors (Lipinski definition) is 1. The van der Waals surface area contributed by atoms with Crippen molar-refractivity contribution < 1.29 is 4.79 Å². The van der Waals surface area contributed by atoms with Crippen LogP contribution in [0.4, 0.5) is 5.69 Å². The molecule has 0 spiro atoms. The van der Waals surface area contributed by atoms with E-state index in [2.05, 4.69) is 12.2 Å². The van der Waals surface area contributed by atoms with Crippen LogP contribution in [0, 0.1) is 0 Å². The van der Waals surface area contributed by atoms with E-state index in [1.165, 1.54) is 44.9 Å². The van der Waals surface area contributed by atoms with Crippen LogP contribution in [0.2, 0.25) is 5.02 Å². The Morgan fingerprint density at radius 2 is 1.76 bits per heavy atom. The number of benzene rings is 2. The fraction of sp³-hybridized carbons (Fsp3) is 0.391. The van der Waals surface area contributed by atoms with Crippen LogP contribution in [-0.2, 0) is 0 Å². The Labute approximate surface area is 186 Å². The summed E-state index contributed by atoms with van der Waals surface area (Å²) in [4.78, 5) is 17.1. The Morgan fingerprint density at radius 3 is 2.52 bits per heavy atom. The minimum absolute atomic E-state index is 0.140. The van der Waals surface area contributed by atoms with E-state index in [-0.39, 0.29) is 5.91 Å². The zero-order valence-electron chi connectivity index (χ0n) is 16.7. The van der Waals surface area contributed by atoms with Crippen molar-refractivity contribution in [1.82, 2.24) is 4.98 Å². The number of nitrogens with one attached hydrogen (secondary N) is 1. The average molecular weight is 447 g/mol. The van der Waals surface area contributed by atoms with Crippen molar-refractivity contribution in [2.45, 2.75) is 56.2 Å². The molecule has 0 aliphatic rings. The number of rotatable bonds is 11. The van der Waals surface area contributed by atoms with Crippen LogP contribution in [0.5, 0.6) is 0 Å². The van der Waals surface area contributed by atoms with Crippen LogP contribution in [0.15, 0.2) is 46.8 Å². The maximum absolute atomic E-state index is 12.4. The Kier molecular flexibility index (Phi) is 8.84. The highest BCUT2D eigenvalue weighted by Crippen LogP contribution is 2.32. The van der Waals surface area contributed by atoms with Crippen molar-refractivity contribution in [3.63, 3.8) is 0 Å². The Balaban J connectivity index is 1.49. The first kappa shape index (κ1) is 22.1. The highest BCUT2D eigenvalue weighted by molar-refractivity contribution is 8.01. The van der Waals surface area contributed by atoms with Crippen LogP contribution < -0.4 is 5.32 Å². The molecular weight excluding hydrogens is 420 g/mol. The van der Waals surface area contributed by atoms with Gasteiger partial charge >= 0.3 is 0 Å². The van der Waals surface area contributed by atoms with Crippen LogP contribution in [0.25, 0.3) is 10.2 Å². The lowest BCUT2D eigenvalue weighted by molar-refractivity contribution is 0.102. The molecule has 0 bridgehead atoms. The van der Waals surface area contributed by atoms with Crippen molar-refractivity contribution >= 4 is 56.5 Å². The lowest BCUT2D eigenvalue weighted by Crippen LogP contribution is -2.11. The predicted octanol–water partition coefficient (Wildman–Crippen LogP) is 8.04. The summed E-state index contributed by atoms with van der Waals surface area (Å²) in [6.07, 6.45) is 9.31. The van der Waals surface area contributed by atoms with Crippen LogP contribution in [0.3, 0.4) is 0 Å². The Morgan fingerprint density at radius 1 is 1.03 bits per heavy atom. The van der Waals surface area contributed by atoms with E-state index >= 15 is 0 Å². The quantitative estimate of drug-likeness (QED) is 0.239. The van der Waals surface area contributed by atoms with E-state index in [4.69, 9.17) is 16.6 Å². The summed E-state index contributed by atoms with van der Waals surface area (Å²) < 4.78 is 2.20. The number of hydrogen-bond acceptors (Lipinski definition) is 4. The summed E-state index contributed by atoms with van der Waals surface area (Å²) >= 11 is 9.42. The summed E-state index contributed by atoms with van der Waals surface area (Å²) in [6.45, 7) is 2.26. The largest absolute Gasteiger partial charge is 0.322 e. The second-order valence-corrected chi connectivity index (χ2v) is 9.90. The minimum Gasteiger partial charge on any atom is -0.322 e. The van der Waals surface area contributed by atoms with E-state index < -0.39 is 0 Å². The molecule has 0 radical (unpaired) electrons. The molecule has 6 heteroatoms. The molecule has 3 aromatic rings. The number of carbonyl (C=O) groups excluding carboxylic acids is 1. The summed E-state index contributed by atoms with van der Waals surface area (Å²) in [5, 5.41) is 3.57. The topological polar surface area (TPSA) is 42.0 Å². The van der Waals surface area contributed by atoms with E-state index in [0.29, 0.717) is 10.6 Å². The average Bonchev–Trinajstić information content (AvgIpc) is 3.12. The number of carbonyl (C=O) groups is 1. The molecule has 0 atom stereocenters. The van der Waals surface area contributed by atoms with Crippen LogP contribution in [0.1, 0.15) is 62.2 Å². The molecule has 0 fully saturated rings. The highest BCUT2D eigenvalue weighted by Gasteiger charge is 2.09. The summed E-state index contributed by atoms with van der Waals surface area (Å²) in [5.41, 5.74) is 2.36. The number of aromatic nitrogens is 1. The third kappa shape index (κ3) is 7.02. The molecule has 3 rings (SSSR count). The monoisotopic (exact) mass is 446 g/mol. The molecule has 0 saturated heterocycles. The molecule has 2 aromatic carbocycles. The number of unbranched alkanes of at least 4 members (excludes halogenated alkanes) is 6. The highest BCUT2D eigenvalue weighted by atomic mass is 35.5. The minimum atomic E-state index is -0.140. The number of nitrogens with zero attached hydrogens (tertiary/aromatic N) is 1. The molecule has 3 nitrogen and oxygen atoms in total. The first-order valence-electron chi connectivity index (χ1n) is 10.3. The van der Waals surface area contributed by atoms with Gasteiger partial charge in [-0.2, -0.15) is 0 Å². The van der Waals surface area contributed by atoms with Gasteiger partial charge < -0.3 is 5.32 Å². The molecule has 1 N–H and O–H groups in total. The van der Waals surface area contributed by atoms with E-state index in [9.17, 15) is 4.79 Å². The van der Waals surface area contributed by atoms with Crippen molar-refractivity contribution in [2.75, 3.05) is 11.1 Å². The third-order valence-electron chi connectivity index (χ3n) is 4.71. The Hall–Kier alpha value is -1.56.